The van der Waals surface area contributed by atoms with Gasteiger partial charge in [-0.15, -0.1) is 0 Å². The van der Waals surface area contributed by atoms with E-state index in [4.69, 9.17) is 0 Å². The van der Waals surface area contributed by atoms with Crippen LogP contribution in [0.4, 0.5) is 17.1 Å². The SMILES string of the molecule is C[Si](C)(C)c1ccc(N(c2ccc(-c3ccccc3)cc2)c2cccc(C3(c4ccccc4)c4ccccc4C4(c5ccccc5)c5ccccc5-c5cccc3c54)c2)cc1. The number of fused-ring (bicyclic) bond motifs is 5. The van der Waals surface area contributed by atoms with Gasteiger partial charge in [-0.25, -0.2) is 0 Å². The second-order valence-electron chi connectivity index (χ2n) is 17.6. The summed E-state index contributed by atoms with van der Waals surface area (Å²) in [5, 5.41) is 1.45. The molecule has 0 fully saturated rings. The Hall–Kier alpha value is -7.00. The lowest BCUT2D eigenvalue weighted by atomic mass is 9.51. The molecule has 2 atom stereocenters. The highest BCUT2D eigenvalue weighted by molar-refractivity contribution is 6.88. The maximum Gasteiger partial charge on any atom is 0.0775 e. The van der Waals surface area contributed by atoms with Crippen LogP contribution in [0.5, 0.6) is 0 Å². The standard InChI is InChI=1S/C59H47NSi/c1-61(2,3)50-39-37-48(38-40-50)60(47-35-33-43(34-36-47)42-19-7-4-8-20-42)49-26-17-25-46(41-49)58(44-21-9-5-10-22-44)54-30-15-16-31-55(54)59(45-23-11-6-12-24-45)53-29-14-13-27-51(53)52-28-18-32-56(58)57(52)59/h4-41H,1-3H3. The van der Waals surface area contributed by atoms with Gasteiger partial charge in [0.1, 0.15) is 0 Å². The summed E-state index contributed by atoms with van der Waals surface area (Å²) in [5.41, 5.74) is 17.8. The van der Waals surface area contributed by atoms with Crippen LogP contribution < -0.4 is 10.1 Å². The summed E-state index contributed by atoms with van der Waals surface area (Å²) in [7, 11) is -1.52. The molecule has 9 aromatic rings. The van der Waals surface area contributed by atoms with E-state index in [9.17, 15) is 0 Å². The zero-order chi connectivity index (χ0) is 41.2. The van der Waals surface area contributed by atoms with Gasteiger partial charge in [0.25, 0.3) is 0 Å². The lowest BCUT2D eigenvalue weighted by molar-refractivity contribution is 0.627. The van der Waals surface area contributed by atoms with Gasteiger partial charge in [-0.05, 0) is 103 Å². The van der Waals surface area contributed by atoms with Crippen molar-refractivity contribution in [2.24, 2.45) is 0 Å². The van der Waals surface area contributed by atoms with Crippen molar-refractivity contribution in [3.8, 4) is 22.3 Å². The number of nitrogens with zero attached hydrogens (tertiary/aromatic N) is 1. The van der Waals surface area contributed by atoms with E-state index < -0.39 is 18.9 Å². The van der Waals surface area contributed by atoms with Gasteiger partial charge in [0.05, 0.1) is 18.9 Å². The molecule has 0 N–H and O–H groups in total. The molecule has 0 amide bonds. The predicted octanol–water partition coefficient (Wildman–Crippen LogP) is 14.4. The van der Waals surface area contributed by atoms with Gasteiger partial charge < -0.3 is 4.90 Å². The van der Waals surface area contributed by atoms with Crippen LogP contribution in [0.25, 0.3) is 22.3 Å². The predicted molar refractivity (Wildman–Crippen MR) is 259 cm³/mol. The molecule has 0 saturated heterocycles. The molecule has 0 saturated carbocycles. The summed E-state index contributed by atoms with van der Waals surface area (Å²) in [6.45, 7) is 7.26. The van der Waals surface area contributed by atoms with Crippen molar-refractivity contribution in [3.05, 3.63) is 275 Å². The zero-order valence-corrected chi connectivity index (χ0v) is 35.9. The van der Waals surface area contributed by atoms with Gasteiger partial charge in [-0.2, -0.15) is 0 Å². The first kappa shape index (κ1) is 37.0. The molecule has 0 aromatic heterocycles. The van der Waals surface area contributed by atoms with Gasteiger partial charge in [-0.3, -0.25) is 0 Å². The third-order valence-electron chi connectivity index (χ3n) is 13.4. The van der Waals surface area contributed by atoms with Gasteiger partial charge in [-0.1, -0.05) is 219 Å². The first-order chi connectivity index (χ1) is 29.9. The topological polar surface area (TPSA) is 3.24 Å². The van der Waals surface area contributed by atoms with Gasteiger partial charge in [0.2, 0.25) is 0 Å². The number of rotatable bonds is 8. The van der Waals surface area contributed by atoms with Crippen molar-refractivity contribution < 1.29 is 0 Å². The quantitative estimate of drug-likeness (QED) is 0.138. The summed E-state index contributed by atoms with van der Waals surface area (Å²) < 4.78 is 0. The Bertz CT molecular complexity index is 3040. The maximum atomic E-state index is 2.47. The van der Waals surface area contributed by atoms with Gasteiger partial charge in [0, 0.05) is 17.1 Å². The second-order valence-corrected chi connectivity index (χ2v) is 22.7. The molecule has 2 aliphatic carbocycles. The number of benzene rings is 9. The third kappa shape index (κ3) is 5.59. The number of hydrogen-bond acceptors (Lipinski definition) is 1. The minimum Gasteiger partial charge on any atom is -0.310 e. The zero-order valence-electron chi connectivity index (χ0n) is 34.9. The molecular formula is C59H47NSi. The van der Waals surface area contributed by atoms with Gasteiger partial charge in [0.15, 0.2) is 0 Å². The summed E-state index contributed by atoms with van der Waals surface area (Å²) >= 11 is 0. The average molecular weight is 798 g/mol. The van der Waals surface area contributed by atoms with Crippen molar-refractivity contribution in [1.29, 1.82) is 0 Å². The normalized spacial score (nSPS) is 17.2. The van der Waals surface area contributed by atoms with Gasteiger partial charge >= 0.3 is 0 Å². The number of hydrogen-bond donors (Lipinski definition) is 0. The third-order valence-corrected chi connectivity index (χ3v) is 15.4. The molecule has 0 bridgehead atoms. The fourth-order valence-electron chi connectivity index (χ4n) is 10.7. The first-order valence-corrected chi connectivity index (χ1v) is 25.0. The van der Waals surface area contributed by atoms with E-state index in [-0.39, 0.29) is 0 Å². The highest BCUT2D eigenvalue weighted by Gasteiger charge is 2.57. The van der Waals surface area contributed by atoms with E-state index in [1.54, 1.807) is 0 Å². The second kappa shape index (κ2) is 14.3. The van der Waals surface area contributed by atoms with E-state index in [1.165, 1.54) is 71.9 Å². The lowest BCUT2D eigenvalue weighted by Crippen LogP contribution is -2.44. The maximum absolute atomic E-state index is 2.47. The van der Waals surface area contributed by atoms with E-state index in [1.807, 2.05) is 0 Å². The smallest absolute Gasteiger partial charge is 0.0775 e. The van der Waals surface area contributed by atoms with E-state index >= 15 is 0 Å². The van der Waals surface area contributed by atoms with E-state index in [0.717, 1.165) is 17.1 Å². The molecule has 61 heavy (non-hydrogen) atoms. The van der Waals surface area contributed by atoms with Crippen LogP contribution in [-0.2, 0) is 10.8 Å². The van der Waals surface area contributed by atoms with Crippen molar-refractivity contribution in [3.63, 3.8) is 0 Å². The summed E-state index contributed by atoms with van der Waals surface area (Å²) in [6, 6.07) is 86.5. The molecule has 11 rings (SSSR count). The Kier molecular flexibility index (Phi) is 8.70. The van der Waals surface area contributed by atoms with E-state index in [2.05, 4.69) is 255 Å². The Balaban J connectivity index is 1.19. The first-order valence-electron chi connectivity index (χ1n) is 21.5. The largest absolute Gasteiger partial charge is 0.310 e. The Morgan fingerprint density at radius 3 is 1.43 bits per heavy atom. The van der Waals surface area contributed by atoms with Crippen LogP contribution in [0.3, 0.4) is 0 Å². The molecule has 9 aromatic carbocycles. The molecule has 2 unspecified atom stereocenters. The molecule has 0 radical (unpaired) electrons. The van der Waals surface area contributed by atoms with Crippen LogP contribution in [-0.4, -0.2) is 8.07 Å². The monoisotopic (exact) mass is 797 g/mol. The molecule has 0 aliphatic heterocycles. The van der Waals surface area contributed by atoms with Crippen LogP contribution in [0.15, 0.2) is 231 Å². The Morgan fingerprint density at radius 1 is 0.328 bits per heavy atom. The highest BCUT2D eigenvalue weighted by atomic mass is 28.3. The van der Waals surface area contributed by atoms with Crippen LogP contribution >= 0.6 is 0 Å². The van der Waals surface area contributed by atoms with Crippen molar-refractivity contribution in [1.82, 2.24) is 0 Å². The fourth-order valence-corrected chi connectivity index (χ4v) is 11.9. The van der Waals surface area contributed by atoms with E-state index in [0.29, 0.717) is 0 Å². The summed E-state index contributed by atoms with van der Waals surface area (Å²) in [4.78, 5) is 2.44. The lowest BCUT2D eigenvalue weighted by Gasteiger charge is -2.49. The summed E-state index contributed by atoms with van der Waals surface area (Å²) in [5.74, 6) is 0. The molecule has 2 aliphatic rings. The summed E-state index contributed by atoms with van der Waals surface area (Å²) in [6.07, 6.45) is 0. The van der Waals surface area contributed by atoms with Crippen molar-refractivity contribution in [2.75, 3.05) is 4.90 Å². The minimum atomic E-state index is -1.52. The van der Waals surface area contributed by atoms with Crippen LogP contribution in [0, 0.1) is 0 Å². The number of anilines is 3. The Labute approximate surface area is 361 Å². The fraction of sp³-hybridized carbons (Fsp3) is 0.0847. The average Bonchev–Trinajstić information content (AvgIpc) is 3.63. The molecule has 1 nitrogen and oxygen atoms in total. The van der Waals surface area contributed by atoms with Crippen LogP contribution in [0.1, 0.15) is 44.5 Å². The van der Waals surface area contributed by atoms with Crippen LogP contribution in [0.2, 0.25) is 19.6 Å². The molecule has 292 valence electrons. The molecule has 0 spiro atoms. The molecular weight excluding hydrogens is 751 g/mol. The highest BCUT2D eigenvalue weighted by Crippen LogP contribution is 2.65. The Morgan fingerprint density at radius 2 is 0.787 bits per heavy atom. The minimum absolute atomic E-state index is 0.485. The molecule has 2 heteroatoms. The van der Waals surface area contributed by atoms with Crippen molar-refractivity contribution in [2.45, 2.75) is 30.5 Å². The van der Waals surface area contributed by atoms with Crippen molar-refractivity contribution >= 4 is 30.3 Å². The molecule has 0 heterocycles.